The Hall–Kier alpha value is -1.91. The Morgan fingerprint density at radius 2 is 1.80 bits per heavy atom. The van der Waals surface area contributed by atoms with Gasteiger partial charge in [0.05, 0.1) is 4.92 Å². The number of non-ortho nitro benzene ring substituents is 1. The second-order valence-electron chi connectivity index (χ2n) is 5.50. The van der Waals surface area contributed by atoms with Crippen molar-refractivity contribution in [3.8, 4) is 0 Å². The normalized spacial score (nSPS) is 12.2. The number of benzene rings is 1. The standard InChI is InChI=1S/C15H22N2O3/c1-11(2)5-4-6-12(3)16-15(18)13-7-9-14(10-8-13)17(19)20/h7-12H,4-6H2,1-3H3,(H,16,18)/t12-/m0/s1. The van der Waals surface area contributed by atoms with E-state index in [1.807, 2.05) is 6.92 Å². The van der Waals surface area contributed by atoms with Gasteiger partial charge in [-0.2, -0.15) is 0 Å². The first-order chi connectivity index (χ1) is 9.40. The largest absolute Gasteiger partial charge is 0.350 e. The van der Waals surface area contributed by atoms with Gasteiger partial charge in [-0.3, -0.25) is 14.9 Å². The van der Waals surface area contributed by atoms with Crippen molar-refractivity contribution in [3.05, 3.63) is 39.9 Å². The Balaban J connectivity index is 2.47. The number of hydrogen-bond donors (Lipinski definition) is 1. The van der Waals surface area contributed by atoms with Gasteiger partial charge in [-0.1, -0.05) is 26.7 Å². The lowest BCUT2D eigenvalue weighted by Gasteiger charge is -2.14. The quantitative estimate of drug-likeness (QED) is 0.612. The van der Waals surface area contributed by atoms with Gasteiger partial charge >= 0.3 is 0 Å². The molecule has 0 aromatic heterocycles. The van der Waals surface area contributed by atoms with Crippen LogP contribution in [0, 0.1) is 16.0 Å². The highest BCUT2D eigenvalue weighted by Gasteiger charge is 2.11. The number of rotatable bonds is 7. The molecule has 1 atom stereocenters. The molecule has 1 N–H and O–H groups in total. The molecule has 1 aromatic rings. The maximum absolute atomic E-state index is 12.0. The first kappa shape index (κ1) is 16.1. The van der Waals surface area contributed by atoms with E-state index in [1.165, 1.54) is 24.3 Å². The third-order valence-corrected chi connectivity index (χ3v) is 3.14. The Morgan fingerprint density at radius 3 is 2.30 bits per heavy atom. The lowest BCUT2D eigenvalue weighted by Crippen LogP contribution is -2.32. The number of nitrogens with one attached hydrogen (secondary N) is 1. The van der Waals surface area contributed by atoms with Gasteiger partial charge in [0.1, 0.15) is 0 Å². The predicted molar refractivity (Wildman–Crippen MR) is 78.7 cm³/mol. The van der Waals surface area contributed by atoms with Crippen LogP contribution in [0.5, 0.6) is 0 Å². The van der Waals surface area contributed by atoms with Crippen molar-refractivity contribution in [1.82, 2.24) is 5.32 Å². The van der Waals surface area contributed by atoms with Crippen molar-refractivity contribution in [3.63, 3.8) is 0 Å². The molecule has 0 bridgehead atoms. The van der Waals surface area contributed by atoms with E-state index >= 15 is 0 Å². The van der Waals surface area contributed by atoms with Crippen LogP contribution < -0.4 is 5.32 Å². The van der Waals surface area contributed by atoms with Gasteiger partial charge < -0.3 is 5.32 Å². The van der Waals surface area contributed by atoms with Crippen LogP contribution in [-0.2, 0) is 0 Å². The third-order valence-electron chi connectivity index (χ3n) is 3.14. The summed E-state index contributed by atoms with van der Waals surface area (Å²) in [6.07, 6.45) is 3.17. The van der Waals surface area contributed by atoms with Crippen molar-refractivity contribution in [2.24, 2.45) is 5.92 Å². The second-order valence-corrected chi connectivity index (χ2v) is 5.50. The van der Waals surface area contributed by atoms with Gasteiger partial charge in [0.25, 0.3) is 11.6 Å². The molecule has 20 heavy (non-hydrogen) atoms. The topological polar surface area (TPSA) is 72.2 Å². The van der Waals surface area contributed by atoms with E-state index in [4.69, 9.17) is 0 Å². The Bertz CT molecular complexity index is 455. The Kier molecular flexibility index (Phi) is 6.15. The second kappa shape index (κ2) is 7.62. The SMILES string of the molecule is CC(C)CCC[C@H](C)NC(=O)c1ccc([N+](=O)[O-])cc1. The zero-order valence-corrected chi connectivity index (χ0v) is 12.3. The first-order valence-electron chi connectivity index (χ1n) is 6.95. The maximum atomic E-state index is 12.0. The van der Waals surface area contributed by atoms with Crippen LogP contribution in [-0.4, -0.2) is 16.9 Å². The average molecular weight is 278 g/mol. The molecule has 0 radical (unpaired) electrons. The van der Waals surface area contributed by atoms with E-state index in [0.717, 1.165) is 19.3 Å². The summed E-state index contributed by atoms with van der Waals surface area (Å²) in [7, 11) is 0. The molecule has 1 rings (SSSR count). The van der Waals surface area contributed by atoms with Crippen molar-refractivity contribution >= 4 is 11.6 Å². The minimum atomic E-state index is -0.476. The van der Waals surface area contributed by atoms with Gasteiger partial charge in [0.2, 0.25) is 0 Å². The molecule has 1 amide bonds. The van der Waals surface area contributed by atoms with Gasteiger partial charge in [0, 0.05) is 23.7 Å². The fourth-order valence-electron chi connectivity index (χ4n) is 1.95. The number of nitro groups is 1. The molecule has 0 saturated heterocycles. The van der Waals surface area contributed by atoms with Crippen LogP contribution in [0.3, 0.4) is 0 Å². The molecular formula is C15H22N2O3. The molecule has 0 fully saturated rings. The smallest absolute Gasteiger partial charge is 0.269 e. The molecule has 0 aliphatic rings. The summed E-state index contributed by atoms with van der Waals surface area (Å²) < 4.78 is 0. The summed E-state index contributed by atoms with van der Waals surface area (Å²) in [5.41, 5.74) is 0.442. The highest BCUT2D eigenvalue weighted by atomic mass is 16.6. The Labute approximate surface area is 119 Å². The van der Waals surface area contributed by atoms with Crippen LogP contribution in [0.4, 0.5) is 5.69 Å². The molecule has 1 aromatic carbocycles. The molecule has 0 saturated carbocycles. The molecule has 5 heteroatoms. The molecule has 0 unspecified atom stereocenters. The van der Waals surface area contributed by atoms with E-state index < -0.39 is 4.92 Å². The number of nitro benzene ring substituents is 1. The Morgan fingerprint density at radius 1 is 1.20 bits per heavy atom. The zero-order chi connectivity index (χ0) is 15.1. The lowest BCUT2D eigenvalue weighted by atomic mass is 10.0. The summed E-state index contributed by atoms with van der Waals surface area (Å²) in [6, 6.07) is 5.76. The van der Waals surface area contributed by atoms with E-state index in [-0.39, 0.29) is 17.6 Å². The van der Waals surface area contributed by atoms with Crippen LogP contribution in [0.25, 0.3) is 0 Å². The number of nitrogens with zero attached hydrogens (tertiary/aromatic N) is 1. The lowest BCUT2D eigenvalue weighted by molar-refractivity contribution is -0.384. The maximum Gasteiger partial charge on any atom is 0.269 e. The number of amides is 1. The fraction of sp³-hybridized carbons (Fsp3) is 0.533. The molecule has 110 valence electrons. The predicted octanol–water partition coefficient (Wildman–Crippen LogP) is 3.54. The van der Waals surface area contributed by atoms with Crippen molar-refractivity contribution < 1.29 is 9.72 Å². The van der Waals surface area contributed by atoms with E-state index in [9.17, 15) is 14.9 Å². The van der Waals surface area contributed by atoms with Crippen molar-refractivity contribution in [2.45, 2.75) is 46.1 Å². The van der Waals surface area contributed by atoms with Gasteiger partial charge in [-0.15, -0.1) is 0 Å². The van der Waals surface area contributed by atoms with Crippen molar-refractivity contribution in [2.75, 3.05) is 0 Å². The highest BCUT2D eigenvalue weighted by molar-refractivity contribution is 5.94. The van der Waals surface area contributed by atoms with E-state index in [1.54, 1.807) is 0 Å². The van der Waals surface area contributed by atoms with Crippen LogP contribution in [0.15, 0.2) is 24.3 Å². The molecular weight excluding hydrogens is 256 g/mol. The minimum Gasteiger partial charge on any atom is -0.350 e. The summed E-state index contributed by atoms with van der Waals surface area (Å²) in [5.74, 6) is 0.490. The number of carbonyl (C=O) groups is 1. The van der Waals surface area contributed by atoms with Crippen LogP contribution >= 0.6 is 0 Å². The third kappa shape index (κ3) is 5.38. The molecule has 5 nitrogen and oxygen atoms in total. The van der Waals surface area contributed by atoms with E-state index in [0.29, 0.717) is 11.5 Å². The molecule has 0 aliphatic heterocycles. The average Bonchev–Trinajstić information content (AvgIpc) is 2.38. The van der Waals surface area contributed by atoms with E-state index in [2.05, 4.69) is 19.2 Å². The van der Waals surface area contributed by atoms with Gasteiger partial charge in [0.15, 0.2) is 0 Å². The summed E-state index contributed by atoms with van der Waals surface area (Å²) in [4.78, 5) is 22.0. The molecule has 0 spiro atoms. The molecule has 0 heterocycles. The zero-order valence-electron chi connectivity index (χ0n) is 12.3. The minimum absolute atomic E-state index is 0.00784. The van der Waals surface area contributed by atoms with Crippen LogP contribution in [0.2, 0.25) is 0 Å². The van der Waals surface area contributed by atoms with Crippen LogP contribution in [0.1, 0.15) is 50.4 Å². The monoisotopic (exact) mass is 278 g/mol. The molecule has 0 aliphatic carbocycles. The highest BCUT2D eigenvalue weighted by Crippen LogP contribution is 2.13. The number of carbonyl (C=O) groups excluding carboxylic acids is 1. The van der Waals surface area contributed by atoms with Gasteiger partial charge in [-0.05, 0) is 31.4 Å². The van der Waals surface area contributed by atoms with Gasteiger partial charge in [-0.25, -0.2) is 0 Å². The fourth-order valence-corrected chi connectivity index (χ4v) is 1.95. The summed E-state index contributed by atoms with van der Waals surface area (Å²) >= 11 is 0. The van der Waals surface area contributed by atoms with Crippen molar-refractivity contribution in [1.29, 1.82) is 0 Å². The number of hydrogen-bond acceptors (Lipinski definition) is 3. The first-order valence-corrected chi connectivity index (χ1v) is 6.95. The summed E-state index contributed by atoms with van der Waals surface area (Å²) in [6.45, 7) is 6.34. The summed E-state index contributed by atoms with van der Waals surface area (Å²) in [5, 5.41) is 13.4.